The largest absolute Gasteiger partial charge is 0.429 e. The molecule has 1 heterocycles. The van der Waals surface area contributed by atoms with Crippen molar-refractivity contribution in [2.45, 2.75) is 20.8 Å². The fourth-order valence-corrected chi connectivity index (χ4v) is 1.12. The standard InChI is InChI=1S/C9H11NO4/c1-5(2)4-7-8(12)14-9(13)10(7)6(3)11/h4-5H,1-3H3. The van der Waals surface area contributed by atoms with Crippen LogP contribution in [0.25, 0.3) is 0 Å². The highest BCUT2D eigenvalue weighted by Gasteiger charge is 2.38. The Morgan fingerprint density at radius 1 is 1.43 bits per heavy atom. The molecular weight excluding hydrogens is 186 g/mol. The van der Waals surface area contributed by atoms with Gasteiger partial charge in [-0.3, -0.25) is 4.79 Å². The summed E-state index contributed by atoms with van der Waals surface area (Å²) in [5, 5.41) is 0. The van der Waals surface area contributed by atoms with Gasteiger partial charge < -0.3 is 4.74 Å². The minimum atomic E-state index is -0.922. The molecule has 0 aliphatic carbocycles. The molecule has 5 heteroatoms. The van der Waals surface area contributed by atoms with E-state index < -0.39 is 18.0 Å². The highest BCUT2D eigenvalue weighted by molar-refractivity contribution is 6.11. The predicted molar refractivity (Wildman–Crippen MR) is 46.9 cm³/mol. The van der Waals surface area contributed by atoms with E-state index in [2.05, 4.69) is 4.74 Å². The quantitative estimate of drug-likeness (QED) is 0.358. The highest BCUT2D eigenvalue weighted by atomic mass is 16.6. The Kier molecular flexibility index (Phi) is 2.69. The normalized spacial score (nSPS) is 19.4. The Balaban J connectivity index is 3.07. The number of allylic oxidation sites excluding steroid dienone is 1. The molecule has 0 atom stereocenters. The van der Waals surface area contributed by atoms with Crippen LogP contribution in [0, 0.1) is 5.92 Å². The minimum Gasteiger partial charge on any atom is -0.371 e. The Morgan fingerprint density at radius 3 is 2.43 bits per heavy atom. The van der Waals surface area contributed by atoms with E-state index in [4.69, 9.17) is 0 Å². The molecule has 1 saturated heterocycles. The number of esters is 1. The van der Waals surface area contributed by atoms with Crippen LogP contribution in [0.15, 0.2) is 11.8 Å². The first-order chi connectivity index (χ1) is 6.43. The summed E-state index contributed by atoms with van der Waals surface area (Å²) in [7, 11) is 0. The second kappa shape index (κ2) is 3.61. The van der Waals surface area contributed by atoms with Gasteiger partial charge in [0.1, 0.15) is 5.70 Å². The molecule has 1 rings (SSSR count). The van der Waals surface area contributed by atoms with E-state index in [9.17, 15) is 14.4 Å². The second-order valence-corrected chi connectivity index (χ2v) is 3.31. The first-order valence-corrected chi connectivity index (χ1v) is 4.22. The van der Waals surface area contributed by atoms with Crippen molar-refractivity contribution >= 4 is 18.0 Å². The van der Waals surface area contributed by atoms with Crippen LogP contribution < -0.4 is 0 Å². The maximum absolute atomic E-state index is 11.1. The van der Waals surface area contributed by atoms with Gasteiger partial charge in [0.2, 0.25) is 5.91 Å². The van der Waals surface area contributed by atoms with E-state index >= 15 is 0 Å². The van der Waals surface area contributed by atoms with Gasteiger partial charge in [0.15, 0.2) is 0 Å². The Bertz CT molecular complexity index is 330. The van der Waals surface area contributed by atoms with Crippen molar-refractivity contribution in [2.24, 2.45) is 5.92 Å². The molecule has 76 valence electrons. The number of imide groups is 1. The summed E-state index contributed by atoms with van der Waals surface area (Å²) in [6.45, 7) is 4.87. The molecule has 0 spiro atoms. The molecule has 1 aliphatic heterocycles. The van der Waals surface area contributed by atoms with Gasteiger partial charge in [-0.1, -0.05) is 13.8 Å². The molecule has 0 unspecified atom stereocenters. The van der Waals surface area contributed by atoms with Crippen molar-refractivity contribution in [1.82, 2.24) is 4.90 Å². The zero-order valence-electron chi connectivity index (χ0n) is 8.23. The van der Waals surface area contributed by atoms with E-state index in [0.717, 1.165) is 4.90 Å². The first-order valence-electron chi connectivity index (χ1n) is 4.22. The molecule has 0 N–H and O–H groups in total. The van der Waals surface area contributed by atoms with Crippen LogP contribution in [-0.2, 0) is 14.3 Å². The molecule has 0 radical (unpaired) electrons. The van der Waals surface area contributed by atoms with Crippen LogP contribution in [0.2, 0.25) is 0 Å². The van der Waals surface area contributed by atoms with Crippen molar-refractivity contribution in [3.8, 4) is 0 Å². The van der Waals surface area contributed by atoms with Crippen LogP contribution in [0.1, 0.15) is 20.8 Å². The van der Waals surface area contributed by atoms with Crippen molar-refractivity contribution in [3.05, 3.63) is 11.8 Å². The summed E-state index contributed by atoms with van der Waals surface area (Å²) in [4.78, 5) is 33.9. The van der Waals surface area contributed by atoms with Gasteiger partial charge in [-0.05, 0) is 12.0 Å². The molecule has 2 amide bonds. The summed E-state index contributed by atoms with van der Waals surface area (Å²) >= 11 is 0. The van der Waals surface area contributed by atoms with Crippen LogP contribution in [0.5, 0.6) is 0 Å². The van der Waals surface area contributed by atoms with Gasteiger partial charge in [-0.2, -0.15) is 0 Å². The number of cyclic esters (lactones) is 2. The Morgan fingerprint density at radius 2 is 2.00 bits per heavy atom. The molecule has 14 heavy (non-hydrogen) atoms. The van der Waals surface area contributed by atoms with Crippen molar-refractivity contribution in [2.75, 3.05) is 0 Å². The molecule has 1 aliphatic rings. The number of rotatable bonds is 1. The zero-order chi connectivity index (χ0) is 10.9. The maximum Gasteiger partial charge on any atom is 0.429 e. The smallest absolute Gasteiger partial charge is 0.371 e. The van der Waals surface area contributed by atoms with Crippen LogP contribution in [-0.4, -0.2) is 22.9 Å². The minimum absolute atomic E-state index is 0.0116. The third kappa shape index (κ3) is 1.81. The van der Waals surface area contributed by atoms with Crippen LogP contribution in [0.4, 0.5) is 4.79 Å². The third-order valence-electron chi connectivity index (χ3n) is 1.62. The van der Waals surface area contributed by atoms with E-state index in [-0.39, 0.29) is 11.6 Å². The number of hydrogen-bond acceptors (Lipinski definition) is 4. The van der Waals surface area contributed by atoms with Gasteiger partial charge >= 0.3 is 12.1 Å². The van der Waals surface area contributed by atoms with Crippen LogP contribution >= 0.6 is 0 Å². The first kappa shape index (κ1) is 10.4. The number of carbonyl (C=O) groups is 3. The predicted octanol–water partition coefficient (Wildman–Crippen LogP) is 1.05. The highest BCUT2D eigenvalue weighted by Crippen LogP contribution is 2.19. The zero-order valence-corrected chi connectivity index (χ0v) is 8.23. The van der Waals surface area contributed by atoms with Gasteiger partial charge in [0.05, 0.1) is 0 Å². The summed E-state index contributed by atoms with van der Waals surface area (Å²) in [6.07, 6.45) is 0.601. The lowest BCUT2D eigenvalue weighted by Gasteiger charge is -2.08. The molecule has 0 aromatic heterocycles. The molecule has 1 fully saturated rings. The van der Waals surface area contributed by atoms with Gasteiger partial charge in [-0.15, -0.1) is 0 Å². The molecular formula is C9H11NO4. The Hall–Kier alpha value is -1.65. The number of amides is 2. The molecule has 0 aromatic rings. The lowest BCUT2D eigenvalue weighted by atomic mass is 10.2. The van der Waals surface area contributed by atoms with E-state index in [1.165, 1.54) is 13.0 Å². The SMILES string of the molecule is CC(=O)N1C(=O)OC(=O)C1=CC(C)C. The summed E-state index contributed by atoms with van der Waals surface area (Å²) < 4.78 is 4.31. The van der Waals surface area contributed by atoms with Gasteiger partial charge in [0, 0.05) is 6.92 Å². The fourth-order valence-electron chi connectivity index (χ4n) is 1.12. The average Bonchev–Trinajstić information content (AvgIpc) is 2.25. The van der Waals surface area contributed by atoms with Crippen molar-refractivity contribution in [1.29, 1.82) is 0 Å². The fraction of sp³-hybridized carbons (Fsp3) is 0.444. The van der Waals surface area contributed by atoms with E-state index in [0.29, 0.717) is 0 Å². The summed E-state index contributed by atoms with van der Waals surface area (Å²) in [5.74, 6) is -1.23. The monoisotopic (exact) mass is 197 g/mol. The van der Waals surface area contributed by atoms with Crippen molar-refractivity contribution in [3.63, 3.8) is 0 Å². The van der Waals surface area contributed by atoms with Crippen LogP contribution in [0.3, 0.4) is 0 Å². The van der Waals surface area contributed by atoms with Gasteiger partial charge in [0.25, 0.3) is 0 Å². The third-order valence-corrected chi connectivity index (χ3v) is 1.62. The number of ether oxygens (including phenoxy) is 1. The topological polar surface area (TPSA) is 63.7 Å². The molecule has 5 nitrogen and oxygen atoms in total. The van der Waals surface area contributed by atoms with E-state index in [1.54, 1.807) is 0 Å². The molecule has 0 bridgehead atoms. The molecule has 0 saturated carbocycles. The van der Waals surface area contributed by atoms with E-state index in [1.807, 2.05) is 13.8 Å². The number of carbonyl (C=O) groups excluding carboxylic acids is 3. The summed E-state index contributed by atoms with van der Waals surface area (Å²) in [6, 6.07) is 0. The lowest BCUT2D eigenvalue weighted by Crippen LogP contribution is -2.28. The van der Waals surface area contributed by atoms with Gasteiger partial charge in [-0.25, -0.2) is 14.5 Å². The number of nitrogens with zero attached hydrogens (tertiary/aromatic N) is 1. The lowest BCUT2D eigenvalue weighted by molar-refractivity contribution is -0.131. The maximum atomic E-state index is 11.1. The number of hydrogen-bond donors (Lipinski definition) is 0. The Labute approximate surface area is 81.3 Å². The second-order valence-electron chi connectivity index (χ2n) is 3.31. The average molecular weight is 197 g/mol. The van der Waals surface area contributed by atoms with Crippen molar-refractivity contribution < 1.29 is 19.1 Å². The summed E-state index contributed by atoms with van der Waals surface area (Å²) in [5.41, 5.74) is 0.0116. The molecule has 0 aromatic carbocycles.